The fourth-order valence-electron chi connectivity index (χ4n) is 2.26. The molecule has 0 unspecified atom stereocenters. The lowest BCUT2D eigenvalue weighted by atomic mass is 10.2. The lowest BCUT2D eigenvalue weighted by Gasteiger charge is -2.09. The molecule has 1 aromatic heterocycles. The first kappa shape index (κ1) is 18.8. The van der Waals surface area contributed by atoms with Crippen molar-refractivity contribution in [2.45, 2.75) is 12.1 Å². The van der Waals surface area contributed by atoms with Crippen LogP contribution in [-0.4, -0.2) is 26.5 Å². The summed E-state index contributed by atoms with van der Waals surface area (Å²) >= 11 is 10.7. The summed E-state index contributed by atoms with van der Waals surface area (Å²) < 4.78 is 2.24. The second kappa shape index (κ2) is 8.11. The summed E-state index contributed by atoms with van der Waals surface area (Å²) in [5.41, 5.74) is 2.34. The number of nitrogens with two attached hydrogens (primary N) is 1. The van der Waals surface area contributed by atoms with Gasteiger partial charge in [-0.15, -0.1) is 10.2 Å². The Labute approximate surface area is 168 Å². The third-order valence-corrected chi connectivity index (χ3v) is 5.70. The number of carbonyl (C=O) groups is 1. The number of nitrogens with zero attached hydrogens (tertiary/aromatic N) is 3. The van der Waals surface area contributed by atoms with Gasteiger partial charge in [0.2, 0.25) is 11.1 Å². The van der Waals surface area contributed by atoms with Crippen molar-refractivity contribution in [3.05, 3.63) is 57.5 Å². The minimum atomic E-state index is -0.175. The average Bonchev–Trinajstić information content (AvgIpc) is 2.98. The summed E-state index contributed by atoms with van der Waals surface area (Å²) in [6.45, 7) is 1.85. The number of benzene rings is 2. The van der Waals surface area contributed by atoms with Crippen LogP contribution >= 0.6 is 39.3 Å². The van der Waals surface area contributed by atoms with Gasteiger partial charge < -0.3 is 11.2 Å². The summed E-state index contributed by atoms with van der Waals surface area (Å²) in [6, 6.07) is 13.0. The van der Waals surface area contributed by atoms with Crippen molar-refractivity contribution >= 4 is 50.9 Å². The first-order valence-corrected chi connectivity index (χ1v) is 9.76. The molecule has 3 rings (SSSR count). The zero-order valence-electron chi connectivity index (χ0n) is 13.7. The van der Waals surface area contributed by atoms with Crippen LogP contribution in [0.25, 0.3) is 11.4 Å². The Balaban J connectivity index is 1.68. The van der Waals surface area contributed by atoms with Crippen LogP contribution in [-0.2, 0) is 4.79 Å². The van der Waals surface area contributed by atoms with E-state index in [9.17, 15) is 4.79 Å². The molecule has 0 aliphatic rings. The van der Waals surface area contributed by atoms with Gasteiger partial charge in [0.05, 0.1) is 5.75 Å². The van der Waals surface area contributed by atoms with Crippen LogP contribution in [0.1, 0.15) is 5.56 Å². The zero-order valence-corrected chi connectivity index (χ0v) is 16.9. The van der Waals surface area contributed by atoms with E-state index in [1.54, 1.807) is 18.2 Å². The summed E-state index contributed by atoms with van der Waals surface area (Å²) in [7, 11) is 0. The van der Waals surface area contributed by atoms with Crippen LogP contribution in [0, 0.1) is 6.92 Å². The molecule has 3 N–H and O–H groups in total. The molecule has 0 aliphatic heterocycles. The zero-order chi connectivity index (χ0) is 18.7. The SMILES string of the molecule is Cc1c(Cl)cccc1NC(=O)CSc1nnc(-c2ccccc2Br)n1N. The van der Waals surface area contributed by atoms with Crippen molar-refractivity contribution < 1.29 is 4.79 Å². The summed E-state index contributed by atoms with van der Waals surface area (Å²) in [6.07, 6.45) is 0. The summed E-state index contributed by atoms with van der Waals surface area (Å²) in [5.74, 6) is 6.58. The van der Waals surface area contributed by atoms with E-state index < -0.39 is 0 Å². The predicted octanol–water partition coefficient (Wildman–Crippen LogP) is 4.11. The van der Waals surface area contributed by atoms with Gasteiger partial charge in [-0.2, -0.15) is 0 Å². The van der Waals surface area contributed by atoms with Gasteiger partial charge in [-0.05, 0) is 36.8 Å². The van der Waals surface area contributed by atoms with E-state index in [0.717, 1.165) is 15.6 Å². The quantitative estimate of drug-likeness (QED) is 0.449. The predicted molar refractivity (Wildman–Crippen MR) is 109 cm³/mol. The Hall–Kier alpha value is -2.03. The molecule has 1 amide bonds. The topological polar surface area (TPSA) is 85.8 Å². The van der Waals surface area contributed by atoms with Gasteiger partial charge in [-0.25, -0.2) is 4.68 Å². The fourth-order valence-corrected chi connectivity index (χ4v) is 3.55. The van der Waals surface area contributed by atoms with Crippen LogP contribution in [0.3, 0.4) is 0 Å². The van der Waals surface area contributed by atoms with Crippen molar-refractivity contribution in [2.24, 2.45) is 0 Å². The highest BCUT2D eigenvalue weighted by molar-refractivity contribution is 9.10. The van der Waals surface area contributed by atoms with Gasteiger partial charge in [0, 0.05) is 20.7 Å². The lowest BCUT2D eigenvalue weighted by molar-refractivity contribution is -0.113. The molecule has 3 aromatic rings. The van der Waals surface area contributed by atoms with E-state index in [4.69, 9.17) is 17.4 Å². The summed E-state index contributed by atoms with van der Waals surface area (Å²) in [4.78, 5) is 12.2. The second-order valence-electron chi connectivity index (χ2n) is 5.41. The van der Waals surface area contributed by atoms with Gasteiger partial charge in [0.15, 0.2) is 5.82 Å². The maximum atomic E-state index is 12.2. The van der Waals surface area contributed by atoms with Gasteiger partial charge in [0.25, 0.3) is 0 Å². The van der Waals surface area contributed by atoms with Gasteiger partial charge in [-0.1, -0.05) is 57.5 Å². The third-order valence-electron chi connectivity index (χ3n) is 3.65. The molecule has 0 radical (unpaired) electrons. The first-order chi connectivity index (χ1) is 12.5. The largest absolute Gasteiger partial charge is 0.335 e. The molecule has 0 fully saturated rings. The van der Waals surface area contributed by atoms with Crippen molar-refractivity contribution in [1.29, 1.82) is 0 Å². The molecule has 2 aromatic carbocycles. The number of anilines is 1. The Kier molecular flexibility index (Phi) is 5.85. The number of amides is 1. The van der Waals surface area contributed by atoms with E-state index in [-0.39, 0.29) is 11.7 Å². The number of halogens is 2. The van der Waals surface area contributed by atoms with E-state index in [2.05, 4.69) is 31.4 Å². The Morgan fingerprint density at radius 2 is 2.04 bits per heavy atom. The number of hydrogen-bond acceptors (Lipinski definition) is 5. The summed E-state index contributed by atoms with van der Waals surface area (Å²) in [5, 5.41) is 12.1. The molecule has 0 aliphatic carbocycles. The number of nitrogens with one attached hydrogen (secondary N) is 1. The maximum absolute atomic E-state index is 12.2. The van der Waals surface area contributed by atoms with Gasteiger partial charge in [0.1, 0.15) is 0 Å². The molecule has 0 saturated heterocycles. The third kappa shape index (κ3) is 4.03. The maximum Gasteiger partial charge on any atom is 0.234 e. The molecule has 0 spiro atoms. The van der Waals surface area contributed by atoms with Crippen LogP contribution in [0.5, 0.6) is 0 Å². The molecule has 6 nitrogen and oxygen atoms in total. The first-order valence-electron chi connectivity index (χ1n) is 7.60. The molecule has 1 heterocycles. The minimum Gasteiger partial charge on any atom is -0.335 e. The van der Waals surface area contributed by atoms with Crippen LogP contribution in [0.15, 0.2) is 52.1 Å². The number of aromatic nitrogens is 3. The number of rotatable bonds is 5. The van der Waals surface area contributed by atoms with Crippen molar-refractivity contribution in [1.82, 2.24) is 14.9 Å². The van der Waals surface area contributed by atoms with Crippen LogP contribution < -0.4 is 11.2 Å². The molecule has 0 atom stereocenters. The smallest absolute Gasteiger partial charge is 0.234 e. The number of thioether (sulfide) groups is 1. The Morgan fingerprint density at radius 3 is 2.81 bits per heavy atom. The fraction of sp³-hybridized carbons (Fsp3) is 0.118. The molecule has 134 valence electrons. The minimum absolute atomic E-state index is 0.150. The van der Waals surface area contributed by atoms with Gasteiger partial charge in [-0.3, -0.25) is 4.79 Å². The van der Waals surface area contributed by atoms with E-state index >= 15 is 0 Å². The van der Waals surface area contributed by atoms with Crippen molar-refractivity contribution in [3.8, 4) is 11.4 Å². The monoisotopic (exact) mass is 451 g/mol. The molecule has 0 bridgehead atoms. The van der Waals surface area contributed by atoms with E-state index in [1.165, 1.54) is 16.4 Å². The number of hydrogen-bond donors (Lipinski definition) is 2. The number of nitrogen functional groups attached to an aromatic ring is 1. The lowest BCUT2D eigenvalue weighted by Crippen LogP contribution is -2.17. The molecule has 9 heteroatoms. The molecule has 26 heavy (non-hydrogen) atoms. The Morgan fingerprint density at radius 1 is 1.27 bits per heavy atom. The molecular weight excluding hydrogens is 438 g/mol. The Bertz CT molecular complexity index is 962. The van der Waals surface area contributed by atoms with Crippen molar-refractivity contribution in [2.75, 3.05) is 16.9 Å². The van der Waals surface area contributed by atoms with E-state index in [0.29, 0.717) is 21.7 Å². The van der Waals surface area contributed by atoms with E-state index in [1.807, 2.05) is 31.2 Å². The van der Waals surface area contributed by atoms with Crippen LogP contribution in [0.2, 0.25) is 5.02 Å². The standard InChI is InChI=1S/C17H15BrClN5OS/c1-10-13(19)7-4-8-14(10)21-15(25)9-26-17-23-22-16(24(17)20)11-5-2-3-6-12(11)18/h2-8H,9,20H2,1H3,(H,21,25). The molecular formula is C17H15BrClN5OS. The number of carbonyl (C=O) groups excluding carboxylic acids is 1. The normalized spacial score (nSPS) is 10.7. The van der Waals surface area contributed by atoms with Gasteiger partial charge >= 0.3 is 0 Å². The average molecular weight is 453 g/mol. The van der Waals surface area contributed by atoms with Crippen LogP contribution in [0.4, 0.5) is 5.69 Å². The second-order valence-corrected chi connectivity index (χ2v) is 7.61. The van der Waals surface area contributed by atoms with Crippen molar-refractivity contribution in [3.63, 3.8) is 0 Å². The highest BCUT2D eigenvalue weighted by atomic mass is 79.9. The highest BCUT2D eigenvalue weighted by Crippen LogP contribution is 2.28. The molecule has 0 saturated carbocycles. The highest BCUT2D eigenvalue weighted by Gasteiger charge is 2.16.